The number of carbonyl (C=O) groups is 1. The number of benzene rings is 1. The van der Waals surface area contributed by atoms with Gasteiger partial charge in [0.25, 0.3) is 0 Å². The highest BCUT2D eigenvalue weighted by Gasteiger charge is 2.40. The summed E-state index contributed by atoms with van der Waals surface area (Å²) in [5.41, 5.74) is 3.29. The van der Waals surface area contributed by atoms with Crippen LogP contribution in [0.5, 0.6) is 0 Å². The molecule has 0 spiro atoms. The van der Waals surface area contributed by atoms with Gasteiger partial charge < -0.3 is 4.74 Å². The number of hydrogen-bond acceptors (Lipinski definition) is 4. The molecular weight excluding hydrogens is 302 g/mol. The first-order valence-electron chi connectivity index (χ1n) is 8.26. The van der Waals surface area contributed by atoms with E-state index in [9.17, 15) is 4.79 Å². The van der Waals surface area contributed by atoms with E-state index in [2.05, 4.69) is 16.0 Å². The van der Waals surface area contributed by atoms with Crippen LogP contribution in [-0.4, -0.2) is 33.0 Å². The highest BCUT2D eigenvalue weighted by Crippen LogP contribution is 2.38. The molecular formula is C19H19N3O2. The molecule has 0 aliphatic carbocycles. The van der Waals surface area contributed by atoms with Gasteiger partial charge in [0, 0.05) is 24.0 Å². The predicted molar refractivity (Wildman–Crippen MR) is 89.9 cm³/mol. The molecule has 0 saturated carbocycles. The maximum absolute atomic E-state index is 12.5. The molecule has 2 aliphatic heterocycles. The largest absolute Gasteiger partial charge is 0.445 e. The first-order chi connectivity index (χ1) is 11.8. The minimum absolute atomic E-state index is 0.113. The van der Waals surface area contributed by atoms with Crippen molar-refractivity contribution in [3.63, 3.8) is 0 Å². The summed E-state index contributed by atoms with van der Waals surface area (Å²) in [6, 6.07) is 10.1. The van der Waals surface area contributed by atoms with Crippen molar-refractivity contribution in [3.8, 4) is 0 Å². The van der Waals surface area contributed by atoms with E-state index >= 15 is 0 Å². The number of aromatic nitrogens is 2. The average molecular weight is 321 g/mol. The van der Waals surface area contributed by atoms with Crippen molar-refractivity contribution in [2.75, 3.05) is 0 Å². The van der Waals surface area contributed by atoms with E-state index in [1.165, 1.54) is 11.9 Å². The van der Waals surface area contributed by atoms with Crippen LogP contribution in [0.1, 0.15) is 30.4 Å². The molecule has 5 nitrogen and oxygen atoms in total. The van der Waals surface area contributed by atoms with Crippen LogP contribution in [0.25, 0.3) is 5.57 Å². The van der Waals surface area contributed by atoms with Crippen LogP contribution in [0.2, 0.25) is 0 Å². The van der Waals surface area contributed by atoms with E-state index < -0.39 is 0 Å². The molecule has 1 aromatic heterocycles. The van der Waals surface area contributed by atoms with Gasteiger partial charge in [-0.05, 0) is 30.4 Å². The normalized spacial score (nSPS) is 22.2. The summed E-state index contributed by atoms with van der Waals surface area (Å²) in [7, 11) is 0. The molecule has 1 saturated heterocycles. The van der Waals surface area contributed by atoms with E-state index in [0.717, 1.165) is 30.4 Å². The molecule has 4 rings (SSSR count). The first-order valence-corrected chi connectivity index (χ1v) is 8.26. The second-order valence-corrected chi connectivity index (χ2v) is 6.27. The number of hydrogen-bond donors (Lipinski definition) is 0. The van der Waals surface area contributed by atoms with Crippen molar-refractivity contribution in [1.82, 2.24) is 14.9 Å². The van der Waals surface area contributed by atoms with Gasteiger partial charge in [-0.15, -0.1) is 0 Å². The molecule has 2 aromatic rings. The smallest absolute Gasteiger partial charge is 0.410 e. The molecule has 2 bridgehead atoms. The van der Waals surface area contributed by atoms with Crippen LogP contribution < -0.4 is 0 Å². The lowest BCUT2D eigenvalue weighted by atomic mass is 9.97. The summed E-state index contributed by atoms with van der Waals surface area (Å²) >= 11 is 0. The Morgan fingerprint density at radius 3 is 2.71 bits per heavy atom. The molecule has 122 valence electrons. The van der Waals surface area contributed by atoms with Crippen LogP contribution in [0.4, 0.5) is 4.79 Å². The zero-order valence-electron chi connectivity index (χ0n) is 13.3. The summed E-state index contributed by atoms with van der Waals surface area (Å²) < 4.78 is 5.52. The summed E-state index contributed by atoms with van der Waals surface area (Å²) in [5, 5.41) is 0. The molecule has 1 aromatic carbocycles. The zero-order chi connectivity index (χ0) is 16.4. The van der Waals surface area contributed by atoms with Crippen molar-refractivity contribution in [3.05, 3.63) is 66.3 Å². The molecule has 0 radical (unpaired) electrons. The van der Waals surface area contributed by atoms with Crippen molar-refractivity contribution in [2.24, 2.45) is 0 Å². The average Bonchev–Trinajstić information content (AvgIpc) is 2.91. The predicted octanol–water partition coefficient (Wildman–Crippen LogP) is 3.43. The Kier molecular flexibility index (Phi) is 3.99. The summed E-state index contributed by atoms with van der Waals surface area (Å²) in [6.45, 7) is 0.318. The zero-order valence-corrected chi connectivity index (χ0v) is 13.3. The van der Waals surface area contributed by atoms with Gasteiger partial charge in [0.15, 0.2) is 0 Å². The quantitative estimate of drug-likeness (QED) is 0.869. The topological polar surface area (TPSA) is 55.3 Å². The minimum Gasteiger partial charge on any atom is -0.445 e. The number of nitrogens with zero attached hydrogens (tertiary/aromatic N) is 3. The molecule has 0 N–H and O–H groups in total. The molecule has 2 atom stereocenters. The van der Waals surface area contributed by atoms with Gasteiger partial charge in [-0.3, -0.25) is 4.90 Å². The Bertz CT molecular complexity index is 746. The molecule has 2 unspecified atom stereocenters. The lowest BCUT2D eigenvalue weighted by Gasteiger charge is -2.33. The van der Waals surface area contributed by atoms with Gasteiger partial charge >= 0.3 is 6.09 Å². The van der Waals surface area contributed by atoms with E-state index in [1.807, 2.05) is 47.6 Å². The van der Waals surface area contributed by atoms with Gasteiger partial charge in [-0.25, -0.2) is 14.8 Å². The third-order valence-corrected chi connectivity index (χ3v) is 4.74. The first kappa shape index (κ1) is 14.9. The van der Waals surface area contributed by atoms with Gasteiger partial charge in [0.1, 0.15) is 12.9 Å². The summed E-state index contributed by atoms with van der Waals surface area (Å²) in [4.78, 5) is 22.6. The lowest BCUT2D eigenvalue weighted by molar-refractivity contribution is 0.0832. The SMILES string of the molecule is O=C(OCc1ccccc1)N1C2C=C(c3cncnc3)CC1CC2. The highest BCUT2D eigenvalue weighted by atomic mass is 16.6. The van der Waals surface area contributed by atoms with E-state index in [1.54, 1.807) is 0 Å². The molecule has 5 heteroatoms. The van der Waals surface area contributed by atoms with Crippen LogP contribution >= 0.6 is 0 Å². The standard InChI is InChI=1S/C19H19N3O2/c23-19(24-12-14-4-2-1-3-5-14)22-17-6-7-18(22)9-15(8-17)16-10-20-13-21-11-16/h1-5,8,10-11,13,17-18H,6-7,9,12H2. The molecule has 2 aliphatic rings. The van der Waals surface area contributed by atoms with Crippen LogP contribution in [0, 0.1) is 0 Å². The van der Waals surface area contributed by atoms with E-state index in [0.29, 0.717) is 6.61 Å². The van der Waals surface area contributed by atoms with Gasteiger partial charge in [-0.1, -0.05) is 36.4 Å². The molecule has 24 heavy (non-hydrogen) atoms. The Labute approximate surface area is 141 Å². The number of ether oxygens (including phenoxy) is 1. The number of amides is 1. The summed E-state index contributed by atoms with van der Waals surface area (Å²) in [6.07, 6.45) is 10.0. The van der Waals surface area contributed by atoms with E-state index in [-0.39, 0.29) is 18.2 Å². The number of fused-ring (bicyclic) bond motifs is 2. The van der Waals surface area contributed by atoms with Crippen molar-refractivity contribution in [2.45, 2.75) is 38.0 Å². The summed E-state index contributed by atoms with van der Waals surface area (Å²) in [5.74, 6) is 0. The van der Waals surface area contributed by atoms with Crippen LogP contribution in [-0.2, 0) is 11.3 Å². The Morgan fingerprint density at radius 2 is 1.96 bits per heavy atom. The maximum Gasteiger partial charge on any atom is 0.410 e. The van der Waals surface area contributed by atoms with Gasteiger partial charge in [-0.2, -0.15) is 0 Å². The Hall–Kier alpha value is -2.69. The van der Waals surface area contributed by atoms with Gasteiger partial charge in [0.2, 0.25) is 0 Å². The third-order valence-electron chi connectivity index (χ3n) is 4.74. The molecule has 3 heterocycles. The fourth-order valence-electron chi connectivity index (χ4n) is 3.59. The lowest BCUT2D eigenvalue weighted by Crippen LogP contribution is -2.43. The van der Waals surface area contributed by atoms with E-state index in [4.69, 9.17) is 4.74 Å². The minimum atomic E-state index is -0.217. The Balaban J connectivity index is 1.46. The fourth-order valence-corrected chi connectivity index (χ4v) is 3.59. The van der Waals surface area contributed by atoms with Gasteiger partial charge in [0.05, 0.1) is 6.04 Å². The van der Waals surface area contributed by atoms with Crippen molar-refractivity contribution < 1.29 is 9.53 Å². The fraction of sp³-hybridized carbons (Fsp3) is 0.316. The van der Waals surface area contributed by atoms with Crippen molar-refractivity contribution in [1.29, 1.82) is 0 Å². The number of carbonyl (C=O) groups excluding carboxylic acids is 1. The van der Waals surface area contributed by atoms with Crippen LogP contribution in [0.3, 0.4) is 0 Å². The third kappa shape index (κ3) is 2.89. The molecule has 1 amide bonds. The molecule has 1 fully saturated rings. The number of rotatable bonds is 3. The van der Waals surface area contributed by atoms with Crippen molar-refractivity contribution >= 4 is 11.7 Å². The second kappa shape index (κ2) is 6.43. The van der Waals surface area contributed by atoms with Crippen LogP contribution in [0.15, 0.2) is 55.1 Å². The maximum atomic E-state index is 12.5. The Morgan fingerprint density at radius 1 is 1.17 bits per heavy atom. The highest BCUT2D eigenvalue weighted by molar-refractivity contribution is 5.74. The monoisotopic (exact) mass is 321 g/mol. The second-order valence-electron chi connectivity index (χ2n) is 6.27.